The van der Waals surface area contributed by atoms with E-state index in [1.807, 2.05) is 24.3 Å². The molecule has 1 heterocycles. The number of nitrogens with one attached hydrogen (secondary N) is 1. The molecule has 0 aliphatic rings. The van der Waals surface area contributed by atoms with Crippen molar-refractivity contribution in [2.45, 2.75) is 0 Å². The van der Waals surface area contributed by atoms with Gasteiger partial charge in [0.05, 0.1) is 23.1 Å². The molecular formula is C16H11ClN2O4S. The average Bonchev–Trinajstić information content (AvgIpc) is 2.92. The number of ether oxygens (including phenoxy) is 1. The Kier molecular flexibility index (Phi) is 4.37. The molecule has 1 N–H and O–H groups in total. The normalized spacial score (nSPS) is 10.6. The van der Waals surface area contributed by atoms with Crippen molar-refractivity contribution in [2.24, 2.45) is 0 Å². The Morgan fingerprint density at radius 2 is 2.04 bits per heavy atom. The summed E-state index contributed by atoms with van der Waals surface area (Å²) in [6, 6.07) is 11.6. The van der Waals surface area contributed by atoms with Crippen LogP contribution in [0.5, 0.6) is 5.75 Å². The van der Waals surface area contributed by atoms with Gasteiger partial charge in [-0.2, -0.15) is 0 Å². The van der Waals surface area contributed by atoms with Gasteiger partial charge in [-0.3, -0.25) is 14.9 Å². The van der Waals surface area contributed by atoms with Gasteiger partial charge in [0.25, 0.3) is 11.6 Å². The van der Waals surface area contributed by atoms with Gasteiger partial charge in [0, 0.05) is 10.1 Å². The Labute approximate surface area is 145 Å². The van der Waals surface area contributed by atoms with E-state index < -0.39 is 10.8 Å². The number of methoxy groups -OCH3 is 1. The van der Waals surface area contributed by atoms with Crippen molar-refractivity contribution in [3.63, 3.8) is 0 Å². The number of nitro groups is 1. The number of thiophene rings is 1. The van der Waals surface area contributed by atoms with Crippen LogP contribution in [0.3, 0.4) is 0 Å². The molecule has 8 heteroatoms. The van der Waals surface area contributed by atoms with Gasteiger partial charge in [-0.25, -0.2) is 0 Å². The van der Waals surface area contributed by atoms with Crippen LogP contribution in [0, 0.1) is 10.1 Å². The number of rotatable bonds is 4. The Balaban J connectivity index is 1.97. The quantitative estimate of drug-likeness (QED) is 0.537. The van der Waals surface area contributed by atoms with E-state index in [0.717, 1.165) is 10.1 Å². The Bertz CT molecular complexity index is 954. The van der Waals surface area contributed by atoms with Crippen LogP contribution < -0.4 is 10.1 Å². The average molecular weight is 363 g/mol. The van der Waals surface area contributed by atoms with Crippen molar-refractivity contribution in [3.8, 4) is 5.75 Å². The maximum Gasteiger partial charge on any atom is 0.296 e. The van der Waals surface area contributed by atoms with Crippen LogP contribution in [-0.4, -0.2) is 17.9 Å². The highest BCUT2D eigenvalue weighted by Gasteiger charge is 2.21. The molecule has 0 atom stereocenters. The first-order valence-electron chi connectivity index (χ1n) is 6.82. The molecule has 0 aliphatic carbocycles. The number of halogens is 1. The zero-order chi connectivity index (χ0) is 17.3. The summed E-state index contributed by atoms with van der Waals surface area (Å²) in [5.41, 5.74) is -0.167. The number of carbonyl (C=O) groups excluding carboxylic acids is 1. The third-order valence-corrected chi connectivity index (χ3v) is 5.07. The molecular weight excluding hydrogens is 352 g/mol. The zero-order valence-corrected chi connectivity index (χ0v) is 14.0. The molecule has 122 valence electrons. The molecule has 1 aromatic heterocycles. The van der Waals surface area contributed by atoms with Crippen LogP contribution in [0.2, 0.25) is 5.02 Å². The van der Waals surface area contributed by atoms with Crippen molar-refractivity contribution in [1.29, 1.82) is 0 Å². The zero-order valence-electron chi connectivity index (χ0n) is 12.4. The number of carbonyl (C=O) groups is 1. The number of fused-ring (bicyclic) bond motifs is 1. The molecule has 0 fully saturated rings. The van der Waals surface area contributed by atoms with Crippen LogP contribution in [0.25, 0.3) is 10.1 Å². The summed E-state index contributed by atoms with van der Waals surface area (Å²) < 4.78 is 5.84. The number of benzene rings is 2. The van der Waals surface area contributed by atoms with Crippen molar-refractivity contribution < 1.29 is 14.5 Å². The summed E-state index contributed by atoms with van der Waals surface area (Å²) in [5, 5.41) is 14.9. The first-order chi connectivity index (χ1) is 11.5. The minimum absolute atomic E-state index is 0.0827. The summed E-state index contributed by atoms with van der Waals surface area (Å²) in [6.45, 7) is 0. The predicted octanol–water partition coefficient (Wildman–Crippen LogP) is 4.72. The van der Waals surface area contributed by atoms with Crippen LogP contribution in [0.15, 0.2) is 42.5 Å². The lowest BCUT2D eigenvalue weighted by Crippen LogP contribution is -2.12. The Morgan fingerprint density at radius 3 is 2.71 bits per heavy atom. The number of nitro benzene ring substituents is 1. The number of nitrogens with zero attached hydrogens (tertiary/aromatic N) is 1. The highest BCUT2D eigenvalue weighted by Crippen LogP contribution is 2.36. The van der Waals surface area contributed by atoms with Gasteiger partial charge < -0.3 is 10.1 Å². The third-order valence-electron chi connectivity index (χ3n) is 3.39. The smallest absolute Gasteiger partial charge is 0.296 e. The molecule has 1 amide bonds. The summed E-state index contributed by atoms with van der Waals surface area (Å²) in [7, 11) is 1.41. The fourth-order valence-electron chi connectivity index (χ4n) is 2.23. The largest absolute Gasteiger partial charge is 0.496 e. The summed E-state index contributed by atoms with van der Waals surface area (Å²) >= 11 is 7.50. The van der Waals surface area contributed by atoms with E-state index >= 15 is 0 Å². The van der Waals surface area contributed by atoms with E-state index in [-0.39, 0.29) is 11.4 Å². The fraction of sp³-hybridized carbons (Fsp3) is 0.0625. The van der Waals surface area contributed by atoms with Crippen LogP contribution in [-0.2, 0) is 0 Å². The summed E-state index contributed by atoms with van der Waals surface area (Å²) in [4.78, 5) is 23.4. The monoisotopic (exact) mass is 362 g/mol. The van der Waals surface area contributed by atoms with Gasteiger partial charge in [0.15, 0.2) is 0 Å². The lowest BCUT2D eigenvalue weighted by molar-refractivity contribution is -0.384. The van der Waals surface area contributed by atoms with E-state index in [0.29, 0.717) is 15.6 Å². The lowest BCUT2D eigenvalue weighted by Gasteiger charge is -2.07. The first kappa shape index (κ1) is 16.2. The number of amides is 1. The molecule has 2 aromatic carbocycles. The number of hydrogen-bond donors (Lipinski definition) is 1. The summed E-state index contributed by atoms with van der Waals surface area (Å²) in [6.07, 6.45) is 0. The topological polar surface area (TPSA) is 81.5 Å². The second-order valence-corrected chi connectivity index (χ2v) is 6.27. The minimum atomic E-state index is -0.579. The van der Waals surface area contributed by atoms with Crippen molar-refractivity contribution in [1.82, 2.24) is 0 Å². The lowest BCUT2D eigenvalue weighted by atomic mass is 10.2. The van der Waals surface area contributed by atoms with Gasteiger partial charge in [-0.15, -0.1) is 11.3 Å². The van der Waals surface area contributed by atoms with Crippen molar-refractivity contribution in [3.05, 3.63) is 62.5 Å². The summed E-state index contributed by atoms with van der Waals surface area (Å²) in [5.74, 6) is -0.158. The fourth-order valence-corrected chi connectivity index (χ4v) is 3.65. The van der Waals surface area contributed by atoms with Gasteiger partial charge in [0.2, 0.25) is 0 Å². The molecule has 0 unspecified atom stereocenters. The Hall–Kier alpha value is -2.64. The predicted molar refractivity (Wildman–Crippen MR) is 94.4 cm³/mol. The molecule has 0 saturated heterocycles. The third kappa shape index (κ3) is 2.91. The number of hydrogen-bond acceptors (Lipinski definition) is 5. The Morgan fingerprint density at radius 1 is 1.29 bits per heavy atom. The maximum absolute atomic E-state index is 12.5. The minimum Gasteiger partial charge on any atom is -0.496 e. The highest BCUT2D eigenvalue weighted by molar-refractivity contribution is 7.21. The van der Waals surface area contributed by atoms with Crippen molar-refractivity contribution >= 4 is 50.3 Å². The number of anilines is 1. The molecule has 0 saturated carbocycles. The molecule has 6 nitrogen and oxygen atoms in total. The van der Waals surface area contributed by atoms with Gasteiger partial charge in [-0.1, -0.05) is 29.8 Å². The molecule has 24 heavy (non-hydrogen) atoms. The van der Waals surface area contributed by atoms with Crippen LogP contribution in [0.1, 0.15) is 9.67 Å². The molecule has 0 spiro atoms. The highest BCUT2D eigenvalue weighted by atomic mass is 35.5. The molecule has 0 radical (unpaired) electrons. The SMILES string of the molecule is COc1ccc(NC(=O)c2sc3ccccc3c2Cl)c([N+](=O)[O-])c1. The van der Waals surface area contributed by atoms with E-state index in [1.165, 1.54) is 36.6 Å². The standard InChI is InChI=1S/C16H11ClN2O4S/c1-23-9-6-7-11(12(8-9)19(21)22)18-16(20)15-14(17)10-4-2-3-5-13(10)24-15/h2-8H,1H3,(H,18,20). The van der Waals surface area contributed by atoms with Crippen LogP contribution >= 0.6 is 22.9 Å². The van der Waals surface area contributed by atoms with E-state index in [9.17, 15) is 14.9 Å². The van der Waals surface area contributed by atoms with E-state index in [2.05, 4.69) is 5.32 Å². The van der Waals surface area contributed by atoms with Crippen LogP contribution in [0.4, 0.5) is 11.4 Å². The van der Waals surface area contributed by atoms with Gasteiger partial charge >= 0.3 is 0 Å². The molecule has 0 aliphatic heterocycles. The second kappa shape index (κ2) is 6.46. The molecule has 3 rings (SSSR count). The van der Waals surface area contributed by atoms with E-state index in [4.69, 9.17) is 16.3 Å². The van der Waals surface area contributed by atoms with Gasteiger partial charge in [0.1, 0.15) is 16.3 Å². The second-order valence-electron chi connectivity index (χ2n) is 4.84. The first-order valence-corrected chi connectivity index (χ1v) is 8.01. The molecule has 0 bridgehead atoms. The maximum atomic E-state index is 12.5. The van der Waals surface area contributed by atoms with Gasteiger partial charge in [-0.05, 0) is 18.2 Å². The molecule has 3 aromatic rings. The van der Waals surface area contributed by atoms with E-state index in [1.54, 1.807) is 0 Å². The van der Waals surface area contributed by atoms with Crippen molar-refractivity contribution in [2.75, 3.05) is 12.4 Å².